The second-order valence-electron chi connectivity index (χ2n) is 3.77. The molecule has 0 bridgehead atoms. The number of halogens is 1. The Hall–Kier alpha value is -1.27. The van der Waals surface area contributed by atoms with Gasteiger partial charge in [0.2, 0.25) is 0 Å². The molecule has 0 aromatic heterocycles. The van der Waals surface area contributed by atoms with Gasteiger partial charge in [-0.2, -0.15) is 0 Å². The molecule has 0 atom stereocenters. The quantitative estimate of drug-likeness (QED) is 0.652. The van der Waals surface area contributed by atoms with Crippen molar-refractivity contribution in [2.45, 2.75) is 13.8 Å². The molecule has 2 aromatic carbocycles. The van der Waals surface area contributed by atoms with E-state index >= 15 is 0 Å². The summed E-state index contributed by atoms with van der Waals surface area (Å²) in [4.78, 5) is 0. The zero-order valence-electron chi connectivity index (χ0n) is 8.92. The van der Waals surface area contributed by atoms with Gasteiger partial charge in [0, 0.05) is 5.02 Å². The molecule has 0 unspecified atom stereocenters. The van der Waals surface area contributed by atoms with E-state index in [2.05, 4.69) is 44.2 Å². The summed E-state index contributed by atoms with van der Waals surface area (Å²) >= 11 is 5.88. The molecule has 76 valence electrons. The minimum atomic E-state index is 0.782. The maximum Gasteiger partial charge on any atom is 0.0406 e. The SMILES string of the molecule is Cc1cccc(C)c1-c1ccc(Cl)cc1. The molecule has 0 radical (unpaired) electrons. The van der Waals surface area contributed by atoms with Crippen molar-refractivity contribution < 1.29 is 0 Å². The Morgan fingerprint density at radius 1 is 0.800 bits per heavy atom. The fourth-order valence-corrected chi connectivity index (χ4v) is 2.01. The Kier molecular flexibility index (Phi) is 2.79. The first-order valence-electron chi connectivity index (χ1n) is 5.00. The van der Waals surface area contributed by atoms with Gasteiger partial charge >= 0.3 is 0 Å². The molecule has 0 amide bonds. The van der Waals surface area contributed by atoms with Crippen molar-refractivity contribution >= 4 is 11.6 Å². The first kappa shape index (κ1) is 10.3. The summed E-state index contributed by atoms with van der Waals surface area (Å²) in [5.41, 5.74) is 5.15. The third kappa shape index (κ3) is 2.05. The summed E-state index contributed by atoms with van der Waals surface area (Å²) in [7, 11) is 0. The monoisotopic (exact) mass is 216 g/mol. The predicted octanol–water partition coefficient (Wildman–Crippen LogP) is 4.62. The van der Waals surface area contributed by atoms with Gasteiger partial charge in [0.15, 0.2) is 0 Å². The normalized spacial score (nSPS) is 10.3. The highest BCUT2D eigenvalue weighted by Gasteiger charge is 2.04. The second-order valence-corrected chi connectivity index (χ2v) is 4.21. The van der Waals surface area contributed by atoms with Crippen molar-refractivity contribution in [3.63, 3.8) is 0 Å². The van der Waals surface area contributed by atoms with Crippen molar-refractivity contribution in [3.8, 4) is 11.1 Å². The second kappa shape index (κ2) is 4.08. The van der Waals surface area contributed by atoms with Crippen LogP contribution in [0, 0.1) is 13.8 Å². The third-order valence-corrected chi connectivity index (χ3v) is 2.87. The standard InChI is InChI=1S/C14H13Cl/c1-10-4-3-5-11(2)14(10)12-6-8-13(15)9-7-12/h3-9H,1-2H3. The van der Waals surface area contributed by atoms with Crippen molar-refractivity contribution in [2.24, 2.45) is 0 Å². The lowest BCUT2D eigenvalue weighted by Crippen LogP contribution is -1.86. The Balaban J connectivity index is 2.58. The molecule has 2 rings (SSSR count). The van der Waals surface area contributed by atoms with Crippen molar-refractivity contribution in [2.75, 3.05) is 0 Å². The highest BCUT2D eigenvalue weighted by Crippen LogP contribution is 2.27. The molecule has 0 aliphatic rings. The van der Waals surface area contributed by atoms with Crippen LogP contribution in [0.2, 0.25) is 5.02 Å². The van der Waals surface area contributed by atoms with E-state index in [1.54, 1.807) is 0 Å². The molecule has 0 spiro atoms. The fourth-order valence-electron chi connectivity index (χ4n) is 1.89. The lowest BCUT2D eigenvalue weighted by atomic mass is 9.96. The lowest BCUT2D eigenvalue weighted by molar-refractivity contribution is 1.38. The third-order valence-electron chi connectivity index (χ3n) is 2.61. The highest BCUT2D eigenvalue weighted by atomic mass is 35.5. The van der Waals surface area contributed by atoms with Crippen LogP contribution in [0.15, 0.2) is 42.5 Å². The molecule has 0 nitrogen and oxygen atoms in total. The van der Waals surface area contributed by atoms with Gasteiger partial charge in [-0.1, -0.05) is 41.9 Å². The average Bonchev–Trinajstić information content (AvgIpc) is 2.20. The molecule has 2 aromatic rings. The van der Waals surface area contributed by atoms with Crippen LogP contribution in [-0.2, 0) is 0 Å². The van der Waals surface area contributed by atoms with E-state index in [1.807, 2.05) is 12.1 Å². The van der Waals surface area contributed by atoms with Gasteiger partial charge < -0.3 is 0 Å². The van der Waals surface area contributed by atoms with E-state index in [0.29, 0.717) is 0 Å². The number of rotatable bonds is 1. The van der Waals surface area contributed by atoms with E-state index in [9.17, 15) is 0 Å². The molecular weight excluding hydrogens is 204 g/mol. The van der Waals surface area contributed by atoms with Gasteiger partial charge in [-0.3, -0.25) is 0 Å². The topological polar surface area (TPSA) is 0 Å². The van der Waals surface area contributed by atoms with Crippen LogP contribution in [0.3, 0.4) is 0 Å². The van der Waals surface area contributed by atoms with Crippen LogP contribution in [0.1, 0.15) is 11.1 Å². The van der Waals surface area contributed by atoms with Crippen molar-refractivity contribution in [1.82, 2.24) is 0 Å². The number of hydrogen-bond acceptors (Lipinski definition) is 0. The zero-order valence-corrected chi connectivity index (χ0v) is 9.68. The van der Waals surface area contributed by atoms with Crippen molar-refractivity contribution in [3.05, 3.63) is 58.6 Å². The lowest BCUT2D eigenvalue weighted by Gasteiger charge is -2.09. The van der Waals surface area contributed by atoms with E-state index < -0.39 is 0 Å². The van der Waals surface area contributed by atoms with Crippen LogP contribution >= 0.6 is 11.6 Å². The molecule has 0 aliphatic carbocycles. The summed E-state index contributed by atoms with van der Waals surface area (Å²) < 4.78 is 0. The van der Waals surface area contributed by atoms with Crippen molar-refractivity contribution in [1.29, 1.82) is 0 Å². The van der Waals surface area contributed by atoms with Gasteiger partial charge in [0.25, 0.3) is 0 Å². The van der Waals surface area contributed by atoms with Crippen LogP contribution in [0.25, 0.3) is 11.1 Å². The highest BCUT2D eigenvalue weighted by molar-refractivity contribution is 6.30. The van der Waals surface area contributed by atoms with Gasteiger partial charge in [-0.25, -0.2) is 0 Å². The van der Waals surface area contributed by atoms with Crippen LogP contribution in [-0.4, -0.2) is 0 Å². The summed E-state index contributed by atoms with van der Waals surface area (Å²) in [6.07, 6.45) is 0. The smallest absolute Gasteiger partial charge is 0.0406 e. The van der Waals surface area contributed by atoms with Crippen LogP contribution in [0.4, 0.5) is 0 Å². The largest absolute Gasteiger partial charge is 0.0843 e. The summed E-state index contributed by atoms with van der Waals surface area (Å²) in [5.74, 6) is 0. The minimum Gasteiger partial charge on any atom is -0.0843 e. The minimum absolute atomic E-state index is 0.782. The Morgan fingerprint density at radius 2 is 1.33 bits per heavy atom. The Bertz CT molecular complexity index is 449. The molecule has 0 N–H and O–H groups in total. The number of hydrogen-bond donors (Lipinski definition) is 0. The number of aryl methyl sites for hydroxylation is 2. The van der Waals surface area contributed by atoms with Gasteiger partial charge in [0.05, 0.1) is 0 Å². The van der Waals surface area contributed by atoms with E-state index in [-0.39, 0.29) is 0 Å². The molecule has 15 heavy (non-hydrogen) atoms. The predicted molar refractivity (Wildman–Crippen MR) is 66.4 cm³/mol. The number of benzene rings is 2. The Labute approximate surface area is 95.5 Å². The molecule has 0 saturated carbocycles. The zero-order chi connectivity index (χ0) is 10.8. The maximum absolute atomic E-state index is 5.88. The fraction of sp³-hybridized carbons (Fsp3) is 0.143. The summed E-state index contributed by atoms with van der Waals surface area (Å²) in [6, 6.07) is 14.4. The Morgan fingerprint density at radius 3 is 1.87 bits per heavy atom. The van der Waals surface area contributed by atoms with E-state index in [0.717, 1.165) is 5.02 Å². The summed E-state index contributed by atoms with van der Waals surface area (Å²) in [5, 5.41) is 0.782. The molecule has 0 heterocycles. The maximum atomic E-state index is 5.88. The van der Waals surface area contributed by atoms with Gasteiger partial charge in [0.1, 0.15) is 0 Å². The molecule has 0 saturated heterocycles. The molecular formula is C14H13Cl. The molecule has 0 fully saturated rings. The van der Waals surface area contributed by atoms with Crippen LogP contribution < -0.4 is 0 Å². The first-order valence-corrected chi connectivity index (χ1v) is 5.38. The molecule has 0 aliphatic heterocycles. The van der Waals surface area contributed by atoms with Gasteiger partial charge in [-0.15, -0.1) is 0 Å². The van der Waals surface area contributed by atoms with E-state index in [1.165, 1.54) is 22.3 Å². The molecule has 1 heteroatoms. The average molecular weight is 217 g/mol. The van der Waals surface area contributed by atoms with E-state index in [4.69, 9.17) is 11.6 Å². The first-order chi connectivity index (χ1) is 7.18. The summed E-state index contributed by atoms with van der Waals surface area (Å²) in [6.45, 7) is 4.27. The van der Waals surface area contributed by atoms with Crippen LogP contribution in [0.5, 0.6) is 0 Å². The van der Waals surface area contributed by atoms with Gasteiger partial charge in [-0.05, 0) is 48.2 Å².